The standard InChI is InChI=1S/C17H33N5O3/c1-6-25-16(24)22-11-7-13(8-12-22)21-15(18-5)20-10-9-19-14(23)17(2,3)4/h13H,6-12H2,1-5H3,(H,19,23)(H2,18,20,21). The molecule has 0 aromatic rings. The molecule has 0 aliphatic carbocycles. The molecule has 0 atom stereocenters. The van der Waals surface area contributed by atoms with E-state index in [1.54, 1.807) is 11.9 Å². The molecule has 1 aliphatic rings. The summed E-state index contributed by atoms with van der Waals surface area (Å²) in [4.78, 5) is 29.4. The van der Waals surface area contributed by atoms with Gasteiger partial charge in [-0.05, 0) is 19.8 Å². The molecule has 3 N–H and O–H groups in total. The first-order valence-electron chi connectivity index (χ1n) is 8.95. The summed E-state index contributed by atoms with van der Waals surface area (Å²) < 4.78 is 5.02. The lowest BCUT2D eigenvalue weighted by Gasteiger charge is -2.32. The van der Waals surface area contributed by atoms with Crippen LogP contribution in [0.5, 0.6) is 0 Å². The molecule has 1 rings (SSSR count). The van der Waals surface area contributed by atoms with E-state index in [1.165, 1.54) is 0 Å². The zero-order valence-electron chi connectivity index (χ0n) is 16.1. The van der Waals surface area contributed by atoms with Gasteiger partial charge in [-0.2, -0.15) is 0 Å². The maximum absolute atomic E-state index is 11.8. The molecule has 0 radical (unpaired) electrons. The second-order valence-electron chi connectivity index (χ2n) is 7.11. The number of nitrogens with one attached hydrogen (secondary N) is 3. The van der Waals surface area contributed by atoms with Gasteiger partial charge >= 0.3 is 6.09 Å². The van der Waals surface area contributed by atoms with Crippen LogP contribution in [0.4, 0.5) is 4.79 Å². The Labute approximate surface area is 150 Å². The summed E-state index contributed by atoms with van der Waals surface area (Å²) in [6, 6.07) is 0.265. The molecular weight excluding hydrogens is 322 g/mol. The summed E-state index contributed by atoms with van der Waals surface area (Å²) in [5.74, 6) is 0.739. The number of nitrogens with zero attached hydrogens (tertiary/aromatic N) is 2. The lowest BCUT2D eigenvalue weighted by Crippen LogP contribution is -2.50. The highest BCUT2D eigenvalue weighted by Crippen LogP contribution is 2.12. The Morgan fingerprint density at radius 1 is 1.16 bits per heavy atom. The fourth-order valence-corrected chi connectivity index (χ4v) is 2.43. The monoisotopic (exact) mass is 355 g/mol. The second kappa shape index (κ2) is 10.1. The van der Waals surface area contributed by atoms with Gasteiger partial charge in [-0.25, -0.2) is 4.79 Å². The van der Waals surface area contributed by atoms with Crippen LogP contribution in [0, 0.1) is 5.41 Å². The Morgan fingerprint density at radius 2 is 1.76 bits per heavy atom. The zero-order valence-corrected chi connectivity index (χ0v) is 16.1. The third-order valence-corrected chi connectivity index (χ3v) is 3.97. The summed E-state index contributed by atoms with van der Waals surface area (Å²) in [5.41, 5.74) is -0.382. The largest absolute Gasteiger partial charge is 0.450 e. The van der Waals surface area contributed by atoms with Crippen molar-refractivity contribution >= 4 is 18.0 Å². The van der Waals surface area contributed by atoms with Crippen molar-refractivity contribution in [2.45, 2.75) is 46.6 Å². The van der Waals surface area contributed by atoms with Crippen LogP contribution < -0.4 is 16.0 Å². The van der Waals surface area contributed by atoms with Gasteiger partial charge in [0.15, 0.2) is 5.96 Å². The summed E-state index contributed by atoms with van der Waals surface area (Å²) in [6.07, 6.45) is 1.46. The Hall–Kier alpha value is -1.99. The van der Waals surface area contributed by atoms with Gasteiger partial charge in [0, 0.05) is 44.7 Å². The van der Waals surface area contributed by atoms with Gasteiger partial charge in [-0.1, -0.05) is 20.8 Å². The molecule has 0 bridgehead atoms. The number of amides is 2. The minimum atomic E-state index is -0.382. The van der Waals surface area contributed by atoms with Crippen LogP contribution in [-0.2, 0) is 9.53 Å². The summed E-state index contributed by atoms with van der Waals surface area (Å²) in [5, 5.41) is 9.45. The van der Waals surface area contributed by atoms with Crippen molar-refractivity contribution in [1.82, 2.24) is 20.9 Å². The van der Waals surface area contributed by atoms with Gasteiger partial charge < -0.3 is 25.6 Å². The van der Waals surface area contributed by atoms with E-state index in [0.29, 0.717) is 38.7 Å². The van der Waals surface area contributed by atoms with Gasteiger partial charge in [0.2, 0.25) is 5.91 Å². The predicted octanol–water partition coefficient (Wildman–Crippen LogP) is 0.935. The molecule has 2 amide bonds. The fourth-order valence-electron chi connectivity index (χ4n) is 2.43. The highest BCUT2D eigenvalue weighted by molar-refractivity contribution is 5.82. The van der Waals surface area contributed by atoms with E-state index < -0.39 is 0 Å². The molecule has 8 heteroatoms. The third kappa shape index (κ3) is 7.62. The van der Waals surface area contributed by atoms with E-state index in [4.69, 9.17) is 4.74 Å². The summed E-state index contributed by atoms with van der Waals surface area (Å²) >= 11 is 0. The van der Waals surface area contributed by atoms with E-state index in [-0.39, 0.29) is 23.5 Å². The number of hydrogen-bond donors (Lipinski definition) is 3. The first kappa shape index (κ1) is 21.1. The van der Waals surface area contributed by atoms with Crippen molar-refractivity contribution in [2.24, 2.45) is 10.4 Å². The van der Waals surface area contributed by atoms with Crippen molar-refractivity contribution in [3.8, 4) is 0 Å². The molecule has 144 valence electrons. The topological polar surface area (TPSA) is 95.1 Å². The SMILES string of the molecule is CCOC(=O)N1CCC(NC(=NC)NCCNC(=O)C(C)(C)C)CC1. The van der Waals surface area contributed by atoms with E-state index in [2.05, 4.69) is 20.9 Å². The lowest BCUT2D eigenvalue weighted by atomic mass is 9.96. The quantitative estimate of drug-likeness (QED) is 0.387. The average molecular weight is 355 g/mol. The van der Waals surface area contributed by atoms with Crippen LogP contribution >= 0.6 is 0 Å². The molecule has 25 heavy (non-hydrogen) atoms. The maximum atomic E-state index is 11.8. The van der Waals surface area contributed by atoms with Crippen LogP contribution in [0.2, 0.25) is 0 Å². The molecule has 0 aromatic heterocycles. The number of carbonyl (C=O) groups is 2. The molecular formula is C17H33N5O3. The Morgan fingerprint density at radius 3 is 2.28 bits per heavy atom. The molecule has 8 nitrogen and oxygen atoms in total. The number of guanidine groups is 1. The van der Waals surface area contributed by atoms with Gasteiger partial charge in [0.25, 0.3) is 0 Å². The molecule has 1 saturated heterocycles. The summed E-state index contributed by atoms with van der Waals surface area (Å²) in [6.45, 7) is 10.4. The molecule has 0 spiro atoms. The number of piperidine rings is 1. The lowest BCUT2D eigenvalue weighted by molar-refractivity contribution is -0.128. The van der Waals surface area contributed by atoms with Crippen molar-refractivity contribution in [2.75, 3.05) is 39.8 Å². The average Bonchev–Trinajstić information content (AvgIpc) is 2.57. The highest BCUT2D eigenvalue weighted by Gasteiger charge is 2.24. The predicted molar refractivity (Wildman–Crippen MR) is 98.6 cm³/mol. The second-order valence-corrected chi connectivity index (χ2v) is 7.11. The van der Waals surface area contributed by atoms with Crippen molar-refractivity contribution in [3.05, 3.63) is 0 Å². The van der Waals surface area contributed by atoms with Crippen molar-refractivity contribution in [1.29, 1.82) is 0 Å². The number of likely N-dealkylation sites (tertiary alicyclic amines) is 1. The van der Waals surface area contributed by atoms with E-state index >= 15 is 0 Å². The van der Waals surface area contributed by atoms with Gasteiger partial charge in [0.05, 0.1) is 6.61 Å². The minimum absolute atomic E-state index is 0.0311. The van der Waals surface area contributed by atoms with Crippen LogP contribution in [0.15, 0.2) is 4.99 Å². The first-order valence-corrected chi connectivity index (χ1v) is 8.95. The molecule has 1 fully saturated rings. The number of aliphatic imine (C=N–C) groups is 1. The fraction of sp³-hybridized carbons (Fsp3) is 0.824. The Bertz CT molecular complexity index is 465. The zero-order chi connectivity index (χ0) is 18.9. The number of carbonyl (C=O) groups excluding carboxylic acids is 2. The number of ether oxygens (including phenoxy) is 1. The Balaban J connectivity index is 2.27. The van der Waals surface area contributed by atoms with Crippen LogP contribution in [0.3, 0.4) is 0 Å². The van der Waals surface area contributed by atoms with E-state index in [0.717, 1.165) is 12.8 Å². The van der Waals surface area contributed by atoms with Crippen LogP contribution in [0.1, 0.15) is 40.5 Å². The summed E-state index contributed by atoms with van der Waals surface area (Å²) in [7, 11) is 1.72. The number of hydrogen-bond acceptors (Lipinski definition) is 4. The first-order chi connectivity index (χ1) is 11.8. The molecule has 0 unspecified atom stereocenters. The minimum Gasteiger partial charge on any atom is -0.450 e. The van der Waals surface area contributed by atoms with Gasteiger partial charge in [-0.3, -0.25) is 9.79 Å². The van der Waals surface area contributed by atoms with E-state index in [9.17, 15) is 9.59 Å². The molecule has 1 aliphatic heterocycles. The highest BCUT2D eigenvalue weighted by atomic mass is 16.6. The van der Waals surface area contributed by atoms with Crippen molar-refractivity contribution in [3.63, 3.8) is 0 Å². The number of rotatable bonds is 5. The molecule has 0 aromatic carbocycles. The smallest absolute Gasteiger partial charge is 0.409 e. The maximum Gasteiger partial charge on any atom is 0.409 e. The Kier molecular flexibility index (Phi) is 8.51. The third-order valence-electron chi connectivity index (χ3n) is 3.97. The van der Waals surface area contributed by atoms with Gasteiger partial charge in [-0.15, -0.1) is 0 Å². The van der Waals surface area contributed by atoms with E-state index in [1.807, 2.05) is 27.7 Å². The molecule has 1 heterocycles. The normalized spacial score (nSPS) is 16.4. The van der Waals surface area contributed by atoms with Crippen molar-refractivity contribution < 1.29 is 14.3 Å². The van der Waals surface area contributed by atoms with Gasteiger partial charge in [0.1, 0.15) is 0 Å². The van der Waals surface area contributed by atoms with Crippen LogP contribution in [-0.4, -0.2) is 68.7 Å². The van der Waals surface area contributed by atoms with Crippen LogP contribution in [0.25, 0.3) is 0 Å². The molecule has 0 saturated carbocycles.